The number of halogens is 2. The molecule has 1 nitrogen and oxygen atoms in total. The minimum absolute atomic E-state index is 0.0783. The van der Waals surface area contributed by atoms with Crippen molar-refractivity contribution in [2.75, 3.05) is 0 Å². The zero-order valence-corrected chi connectivity index (χ0v) is 13.1. The Morgan fingerprint density at radius 2 is 1.95 bits per heavy atom. The molecule has 0 aliphatic carbocycles. The number of hydrogen-bond acceptors (Lipinski definition) is 3. The predicted molar refractivity (Wildman–Crippen MR) is 78.4 cm³/mol. The molecule has 1 aromatic carbocycles. The summed E-state index contributed by atoms with van der Waals surface area (Å²) in [5.74, 6) is -1.04. The van der Waals surface area contributed by atoms with Crippen LogP contribution in [0.3, 0.4) is 0 Å². The fourth-order valence-electron chi connectivity index (χ4n) is 2.11. The van der Waals surface area contributed by atoms with E-state index in [2.05, 4.69) is 13.8 Å². The third-order valence-corrected chi connectivity index (χ3v) is 6.68. The van der Waals surface area contributed by atoms with Crippen molar-refractivity contribution < 1.29 is 13.5 Å². The van der Waals surface area contributed by atoms with Crippen LogP contribution in [-0.4, -0.2) is 17.0 Å². The molecule has 19 heavy (non-hydrogen) atoms. The molecule has 0 radical (unpaired) electrons. The van der Waals surface area contributed by atoms with Crippen molar-refractivity contribution in [3.8, 4) is 0 Å². The molecule has 1 aromatic rings. The van der Waals surface area contributed by atoms with Crippen molar-refractivity contribution in [2.45, 2.75) is 49.9 Å². The minimum atomic E-state index is -0.544. The lowest BCUT2D eigenvalue weighted by molar-refractivity contribution is -0.00799. The van der Waals surface area contributed by atoms with E-state index < -0.39 is 11.6 Å². The van der Waals surface area contributed by atoms with Crippen molar-refractivity contribution >= 4 is 21.6 Å². The van der Waals surface area contributed by atoms with Crippen LogP contribution >= 0.6 is 21.6 Å². The van der Waals surface area contributed by atoms with Gasteiger partial charge < -0.3 is 4.74 Å². The average molecular weight is 304 g/mol. The highest BCUT2D eigenvalue weighted by atomic mass is 33.1. The standard InChI is InChI=1S/C14H18F2OS2/c1-8(2)17-13-12(18-19-14(13,3)4)10-6-5-9(15)7-11(10)16/h5-8,12-13H,1-4H3/t12-,13-/m0/s1. The molecule has 106 valence electrons. The fraction of sp³-hybridized carbons (Fsp3) is 0.571. The summed E-state index contributed by atoms with van der Waals surface area (Å²) in [5, 5.41) is -0.108. The van der Waals surface area contributed by atoms with Crippen molar-refractivity contribution in [1.29, 1.82) is 0 Å². The van der Waals surface area contributed by atoms with Crippen LogP contribution in [0.5, 0.6) is 0 Å². The van der Waals surface area contributed by atoms with E-state index in [1.165, 1.54) is 12.1 Å². The Kier molecular flexibility index (Phi) is 4.48. The summed E-state index contributed by atoms with van der Waals surface area (Å²) in [4.78, 5) is 0. The molecule has 1 aliphatic heterocycles. The fourth-order valence-corrected chi connectivity index (χ4v) is 5.59. The molecule has 0 bridgehead atoms. The summed E-state index contributed by atoms with van der Waals surface area (Å²) in [6.07, 6.45) is -0.0166. The molecule has 5 heteroatoms. The molecule has 0 unspecified atom stereocenters. The van der Waals surface area contributed by atoms with Gasteiger partial charge >= 0.3 is 0 Å². The molecule has 2 atom stereocenters. The van der Waals surface area contributed by atoms with Crippen LogP contribution in [0, 0.1) is 11.6 Å². The van der Waals surface area contributed by atoms with Crippen LogP contribution < -0.4 is 0 Å². The van der Waals surface area contributed by atoms with Gasteiger partial charge in [0.15, 0.2) is 0 Å². The maximum Gasteiger partial charge on any atom is 0.130 e. The Labute approximate surface area is 120 Å². The predicted octanol–water partition coefficient (Wildman–Crippen LogP) is 4.97. The second-order valence-electron chi connectivity index (χ2n) is 5.47. The van der Waals surface area contributed by atoms with E-state index in [0.717, 1.165) is 6.07 Å². The van der Waals surface area contributed by atoms with E-state index in [1.807, 2.05) is 13.8 Å². The molecule has 1 aliphatic rings. The van der Waals surface area contributed by atoms with E-state index in [4.69, 9.17) is 4.74 Å². The van der Waals surface area contributed by atoms with Gasteiger partial charge in [-0.3, -0.25) is 0 Å². The molecular formula is C14H18F2OS2. The zero-order chi connectivity index (χ0) is 14.2. The molecule has 0 N–H and O–H groups in total. The second kappa shape index (κ2) is 5.62. The van der Waals surface area contributed by atoms with Crippen LogP contribution in [0.2, 0.25) is 0 Å². The van der Waals surface area contributed by atoms with Gasteiger partial charge in [-0.15, -0.1) is 0 Å². The average Bonchev–Trinajstić information content (AvgIpc) is 2.55. The summed E-state index contributed by atoms with van der Waals surface area (Å²) >= 11 is 0. The number of ether oxygens (including phenoxy) is 1. The number of rotatable bonds is 3. The second-order valence-corrected chi connectivity index (χ2v) is 8.47. The van der Waals surface area contributed by atoms with Gasteiger partial charge in [0.25, 0.3) is 0 Å². The third-order valence-electron chi connectivity index (χ3n) is 3.01. The zero-order valence-electron chi connectivity index (χ0n) is 11.4. The summed E-state index contributed by atoms with van der Waals surface area (Å²) < 4.78 is 32.8. The smallest absolute Gasteiger partial charge is 0.130 e. The third kappa shape index (κ3) is 3.26. The van der Waals surface area contributed by atoms with Gasteiger partial charge in [0, 0.05) is 16.4 Å². The van der Waals surface area contributed by atoms with Crippen LogP contribution in [0.25, 0.3) is 0 Å². The maximum atomic E-state index is 13.9. The van der Waals surface area contributed by atoms with Crippen LogP contribution in [-0.2, 0) is 4.74 Å². The van der Waals surface area contributed by atoms with Crippen LogP contribution in [0.4, 0.5) is 8.78 Å². The normalized spacial score (nSPS) is 26.1. The van der Waals surface area contributed by atoms with E-state index in [0.29, 0.717) is 5.56 Å². The SMILES string of the molecule is CC(C)O[C@H]1[C@H](c2ccc(F)cc2F)SSC1(C)C. The van der Waals surface area contributed by atoms with E-state index >= 15 is 0 Å². The van der Waals surface area contributed by atoms with E-state index in [9.17, 15) is 8.78 Å². The molecule has 0 saturated carbocycles. The van der Waals surface area contributed by atoms with Crippen molar-refractivity contribution in [1.82, 2.24) is 0 Å². The number of hydrogen-bond donors (Lipinski definition) is 0. The van der Waals surface area contributed by atoms with Gasteiger partial charge in [0.2, 0.25) is 0 Å². The molecular weight excluding hydrogens is 286 g/mol. The lowest BCUT2D eigenvalue weighted by Gasteiger charge is -2.30. The monoisotopic (exact) mass is 304 g/mol. The van der Waals surface area contributed by atoms with Gasteiger partial charge in [-0.1, -0.05) is 27.7 Å². The van der Waals surface area contributed by atoms with Crippen molar-refractivity contribution in [3.63, 3.8) is 0 Å². The van der Waals surface area contributed by atoms with Gasteiger partial charge in [-0.05, 0) is 33.8 Å². The highest BCUT2D eigenvalue weighted by Crippen LogP contribution is 2.59. The van der Waals surface area contributed by atoms with Crippen molar-refractivity contribution in [3.05, 3.63) is 35.4 Å². The topological polar surface area (TPSA) is 9.23 Å². The highest BCUT2D eigenvalue weighted by molar-refractivity contribution is 8.77. The van der Waals surface area contributed by atoms with Gasteiger partial charge in [0.1, 0.15) is 11.6 Å². The summed E-state index contributed by atoms with van der Waals surface area (Å²) in [7, 11) is 3.30. The molecule has 2 rings (SSSR count). The summed E-state index contributed by atoms with van der Waals surface area (Å²) in [5.41, 5.74) is 0.523. The Morgan fingerprint density at radius 3 is 2.53 bits per heavy atom. The molecule has 0 amide bonds. The van der Waals surface area contributed by atoms with Crippen molar-refractivity contribution in [2.24, 2.45) is 0 Å². The molecule has 1 heterocycles. The Hall–Kier alpha value is -0.260. The summed E-state index contributed by atoms with van der Waals surface area (Å²) in [6, 6.07) is 3.78. The molecule has 1 saturated heterocycles. The number of benzene rings is 1. The van der Waals surface area contributed by atoms with Gasteiger partial charge in [0.05, 0.1) is 17.5 Å². The lowest BCUT2D eigenvalue weighted by atomic mass is 9.97. The van der Waals surface area contributed by atoms with Gasteiger partial charge in [-0.2, -0.15) is 0 Å². The first-order chi connectivity index (χ1) is 8.81. The van der Waals surface area contributed by atoms with E-state index in [1.54, 1.807) is 21.6 Å². The molecule has 0 aromatic heterocycles. The maximum absolute atomic E-state index is 13.9. The van der Waals surface area contributed by atoms with Crippen LogP contribution in [0.1, 0.15) is 38.5 Å². The summed E-state index contributed by atoms with van der Waals surface area (Å²) in [6.45, 7) is 8.14. The largest absolute Gasteiger partial charge is 0.373 e. The minimum Gasteiger partial charge on any atom is -0.373 e. The first-order valence-corrected chi connectivity index (χ1v) is 8.47. The lowest BCUT2D eigenvalue weighted by Crippen LogP contribution is -2.36. The molecule has 0 spiro atoms. The van der Waals surface area contributed by atoms with Gasteiger partial charge in [-0.25, -0.2) is 8.78 Å². The Bertz CT molecular complexity index is 463. The first kappa shape index (κ1) is 15.1. The highest BCUT2D eigenvalue weighted by Gasteiger charge is 2.46. The Morgan fingerprint density at radius 1 is 1.26 bits per heavy atom. The van der Waals surface area contributed by atoms with E-state index in [-0.39, 0.29) is 22.2 Å². The van der Waals surface area contributed by atoms with Crippen LogP contribution in [0.15, 0.2) is 18.2 Å². The quantitative estimate of drug-likeness (QED) is 0.729. The first-order valence-electron chi connectivity index (χ1n) is 6.26. The Balaban J connectivity index is 2.32. The molecule has 1 fully saturated rings.